The van der Waals surface area contributed by atoms with Gasteiger partial charge in [-0.25, -0.2) is 4.98 Å². The molecule has 4 unspecified atom stereocenters. The molecule has 3 aromatic carbocycles. The molecule has 0 radical (unpaired) electrons. The van der Waals surface area contributed by atoms with Gasteiger partial charge in [-0.3, -0.25) is 0 Å². The average Bonchev–Trinajstić information content (AvgIpc) is 3.44. The minimum Gasteiger partial charge on any atom is -0.383 e. The van der Waals surface area contributed by atoms with Crippen LogP contribution >= 0.6 is 0 Å². The molecule has 0 spiro atoms. The first kappa shape index (κ1) is 25.5. The number of aromatic nitrogens is 2. The predicted molar refractivity (Wildman–Crippen MR) is 147 cm³/mol. The second kappa shape index (κ2) is 10.1. The zero-order chi connectivity index (χ0) is 27.0. The summed E-state index contributed by atoms with van der Waals surface area (Å²) in [5, 5.41) is 0. The Kier molecular flexibility index (Phi) is 6.56. The van der Waals surface area contributed by atoms with E-state index in [1.54, 1.807) is 6.20 Å². The Balaban J connectivity index is 1.40. The van der Waals surface area contributed by atoms with Crippen molar-refractivity contribution >= 4 is 11.8 Å². The van der Waals surface area contributed by atoms with Crippen molar-refractivity contribution in [3.05, 3.63) is 119 Å². The van der Waals surface area contributed by atoms with E-state index in [1.807, 2.05) is 68.4 Å². The molecule has 3 heterocycles. The Morgan fingerprint density at radius 3 is 1.82 bits per heavy atom. The van der Waals surface area contributed by atoms with Crippen LogP contribution in [0.3, 0.4) is 0 Å². The third-order valence-corrected chi connectivity index (χ3v) is 7.33. The number of anilines is 2. The van der Waals surface area contributed by atoms with Gasteiger partial charge in [0, 0.05) is 11.8 Å². The number of nitrogens with zero attached hydrogens (tertiary/aromatic N) is 2. The summed E-state index contributed by atoms with van der Waals surface area (Å²) in [5.74, 6) is -0.435. The molecule has 2 saturated heterocycles. The number of nitrogen functional groups attached to an aromatic ring is 2. The van der Waals surface area contributed by atoms with Gasteiger partial charge in [-0.05, 0) is 30.5 Å². The van der Waals surface area contributed by atoms with E-state index in [2.05, 4.69) is 46.4 Å². The van der Waals surface area contributed by atoms with Gasteiger partial charge in [0.05, 0.1) is 6.61 Å². The van der Waals surface area contributed by atoms with Crippen LogP contribution < -0.4 is 11.5 Å². The Labute approximate surface area is 227 Å². The van der Waals surface area contributed by atoms with Gasteiger partial charge in [-0.2, -0.15) is 4.98 Å². The molecule has 8 heteroatoms. The number of hydrogen-bond acceptors (Lipinski definition) is 8. The highest BCUT2D eigenvalue weighted by Gasteiger charge is 2.56. The second-order valence-corrected chi connectivity index (χ2v) is 10.3. The third-order valence-electron chi connectivity index (χ3n) is 7.33. The van der Waals surface area contributed by atoms with Crippen molar-refractivity contribution in [2.45, 2.75) is 49.7 Å². The molecule has 6 rings (SSSR count). The van der Waals surface area contributed by atoms with Crippen LogP contribution in [0.2, 0.25) is 0 Å². The summed E-state index contributed by atoms with van der Waals surface area (Å²) in [6.07, 6.45) is -0.191. The van der Waals surface area contributed by atoms with Crippen LogP contribution in [0.15, 0.2) is 97.2 Å². The molecule has 0 amide bonds. The summed E-state index contributed by atoms with van der Waals surface area (Å²) in [4.78, 5) is 8.28. The van der Waals surface area contributed by atoms with Crippen molar-refractivity contribution in [3.63, 3.8) is 0 Å². The largest absolute Gasteiger partial charge is 0.383 e. The molecular formula is C31H32N4O4. The van der Waals surface area contributed by atoms with Crippen LogP contribution in [0.1, 0.15) is 42.2 Å². The average molecular weight is 525 g/mol. The molecule has 4 N–H and O–H groups in total. The van der Waals surface area contributed by atoms with Crippen molar-refractivity contribution in [1.82, 2.24) is 9.97 Å². The number of nitrogens with two attached hydrogens (primary N) is 2. The fraction of sp³-hybridized carbons (Fsp3) is 0.290. The molecule has 200 valence electrons. The zero-order valence-electron chi connectivity index (χ0n) is 21.9. The van der Waals surface area contributed by atoms with E-state index in [0.29, 0.717) is 5.56 Å². The number of fused-ring (bicyclic) bond motifs is 1. The quantitative estimate of drug-likeness (QED) is 0.337. The minimum atomic E-state index is -0.890. The first-order valence-corrected chi connectivity index (χ1v) is 13.1. The second-order valence-electron chi connectivity index (χ2n) is 10.3. The van der Waals surface area contributed by atoms with Crippen molar-refractivity contribution in [1.29, 1.82) is 0 Å². The van der Waals surface area contributed by atoms with Gasteiger partial charge < -0.3 is 30.4 Å². The van der Waals surface area contributed by atoms with Crippen LogP contribution in [0.4, 0.5) is 11.8 Å². The maximum absolute atomic E-state index is 7.04. The van der Waals surface area contributed by atoms with Crippen LogP contribution in [-0.2, 0) is 24.5 Å². The lowest BCUT2D eigenvalue weighted by Crippen LogP contribution is -2.39. The van der Waals surface area contributed by atoms with Gasteiger partial charge in [0.25, 0.3) is 0 Å². The molecular weight excluding hydrogens is 492 g/mol. The summed E-state index contributed by atoms with van der Waals surface area (Å²) in [7, 11) is 0. The fourth-order valence-electron chi connectivity index (χ4n) is 5.68. The number of ether oxygens (including phenoxy) is 4. The van der Waals surface area contributed by atoms with Gasteiger partial charge in [0.2, 0.25) is 5.95 Å². The van der Waals surface area contributed by atoms with Crippen molar-refractivity contribution in [3.8, 4) is 0 Å². The van der Waals surface area contributed by atoms with Gasteiger partial charge >= 0.3 is 0 Å². The van der Waals surface area contributed by atoms with Crippen molar-refractivity contribution in [2.24, 2.45) is 0 Å². The van der Waals surface area contributed by atoms with Crippen LogP contribution in [0.25, 0.3) is 0 Å². The van der Waals surface area contributed by atoms with Crippen molar-refractivity contribution < 1.29 is 18.9 Å². The lowest BCUT2D eigenvalue weighted by Gasteiger charge is -2.37. The van der Waals surface area contributed by atoms with Gasteiger partial charge in [0.15, 0.2) is 5.79 Å². The molecule has 39 heavy (non-hydrogen) atoms. The van der Waals surface area contributed by atoms with E-state index in [0.717, 1.165) is 16.7 Å². The minimum absolute atomic E-state index is 0.105. The smallest absolute Gasteiger partial charge is 0.221 e. The number of hydrogen-bond donors (Lipinski definition) is 2. The van der Waals surface area contributed by atoms with Crippen LogP contribution in [0, 0.1) is 0 Å². The Bertz CT molecular complexity index is 1320. The molecule has 4 aromatic rings. The molecule has 4 atom stereocenters. The van der Waals surface area contributed by atoms with Gasteiger partial charge in [-0.15, -0.1) is 0 Å². The SMILES string of the molecule is CC1(C)OC2C(COC(c3ccccc3)(c3ccccc3)c3ccccc3)OC(c3cnc(N)nc3N)C2O1. The first-order chi connectivity index (χ1) is 18.9. The monoisotopic (exact) mass is 524 g/mol. The molecule has 0 saturated carbocycles. The van der Waals surface area contributed by atoms with Crippen molar-refractivity contribution in [2.75, 3.05) is 18.1 Å². The van der Waals surface area contributed by atoms with E-state index < -0.39 is 29.7 Å². The molecule has 0 aliphatic carbocycles. The third kappa shape index (κ3) is 4.66. The van der Waals surface area contributed by atoms with Crippen LogP contribution in [0.5, 0.6) is 0 Å². The first-order valence-electron chi connectivity index (χ1n) is 13.1. The lowest BCUT2D eigenvalue weighted by molar-refractivity contribution is -0.196. The Hall–Kier alpha value is -3.82. The predicted octanol–water partition coefficient (Wildman–Crippen LogP) is 4.61. The molecule has 2 aliphatic heterocycles. The lowest BCUT2D eigenvalue weighted by atomic mass is 9.80. The Morgan fingerprint density at radius 1 is 0.795 bits per heavy atom. The molecule has 2 aliphatic rings. The molecule has 1 aromatic heterocycles. The standard InChI is InChI=1S/C31H32N4O4/c1-30(2)38-26-24(37-25(27(26)39-30)23-18-34-29(33)35-28(23)32)19-36-31(20-12-6-3-7-13-20,21-14-8-4-9-15-21)22-16-10-5-11-17-22/h3-18,24-27H,19H2,1-2H3,(H4,32,33,34,35). The topological polar surface area (TPSA) is 115 Å². The molecule has 2 fully saturated rings. The highest BCUT2D eigenvalue weighted by molar-refractivity contribution is 5.48. The normalized spacial score (nSPS) is 23.9. The molecule has 8 nitrogen and oxygen atoms in total. The van der Waals surface area contributed by atoms with Gasteiger partial charge in [0.1, 0.15) is 35.8 Å². The summed E-state index contributed by atoms with van der Waals surface area (Å²) in [6.45, 7) is 4.02. The zero-order valence-corrected chi connectivity index (χ0v) is 21.9. The Morgan fingerprint density at radius 2 is 1.31 bits per heavy atom. The van der Waals surface area contributed by atoms with E-state index in [9.17, 15) is 0 Å². The highest BCUT2D eigenvalue weighted by Crippen LogP contribution is 2.47. The summed E-state index contributed by atoms with van der Waals surface area (Å²) in [5.41, 5.74) is 14.7. The van der Waals surface area contributed by atoms with E-state index in [4.69, 9.17) is 30.4 Å². The number of benzene rings is 3. The summed E-state index contributed by atoms with van der Waals surface area (Å²) >= 11 is 0. The maximum Gasteiger partial charge on any atom is 0.221 e. The highest BCUT2D eigenvalue weighted by atomic mass is 16.8. The molecule has 0 bridgehead atoms. The van der Waals surface area contributed by atoms with E-state index in [1.165, 1.54) is 0 Å². The summed E-state index contributed by atoms with van der Waals surface area (Å²) in [6, 6.07) is 30.7. The summed E-state index contributed by atoms with van der Waals surface area (Å²) < 4.78 is 26.2. The van der Waals surface area contributed by atoms with Crippen LogP contribution in [-0.4, -0.2) is 40.7 Å². The van der Waals surface area contributed by atoms with E-state index in [-0.39, 0.29) is 24.5 Å². The maximum atomic E-state index is 7.04. The van der Waals surface area contributed by atoms with Gasteiger partial charge in [-0.1, -0.05) is 91.0 Å². The van der Waals surface area contributed by atoms with E-state index >= 15 is 0 Å². The fourth-order valence-corrected chi connectivity index (χ4v) is 5.68. The number of rotatable bonds is 7.